The van der Waals surface area contributed by atoms with Crippen molar-refractivity contribution in [2.75, 3.05) is 13.1 Å². The van der Waals surface area contributed by atoms with E-state index in [4.69, 9.17) is 16.3 Å². The Morgan fingerprint density at radius 3 is 2.80 bits per heavy atom. The fourth-order valence-electron chi connectivity index (χ4n) is 1.34. The van der Waals surface area contributed by atoms with Crippen LogP contribution in [0.5, 0.6) is 0 Å². The minimum Gasteiger partial charge on any atom is -0.460 e. The van der Waals surface area contributed by atoms with Gasteiger partial charge in [0.15, 0.2) is 0 Å². The van der Waals surface area contributed by atoms with Crippen LogP contribution in [0.1, 0.15) is 5.56 Å². The Bertz CT molecular complexity index is 363. The van der Waals surface area contributed by atoms with Gasteiger partial charge < -0.3 is 10.1 Å². The van der Waals surface area contributed by atoms with Crippen molar-refractivity contribution < 1.29 is 9.53 Å². The molecule has 0 amide bonds. The molecule has 0 atom stereocenters. The first-order valence-corrected chi connectivity index (χ1v) is 5.26. The first kappa shape index (κ1) is 10.5. The Labute approximate surface area is 93.4 Å². The zero-order chi connectivity index (χ0) is 10.7. The number of esters is 1. The monoisotopic (exact) mass is 225 g/mol. The van der Waals surface area contributed by atoms with Crippen molar-refractivity contribution in [3.05, 3.63) is 34.9 Å². The molecular formula is C11H12ClNO2. The van der Waals surface area contributed by atoms with Crippen LogP contribution in [0, 0.1) is 5.92 Å². The van der Waals surface area contributed by atoms with E-state index >= 15 is 0 Å². The van der Waals surface area contributed by atoms with Crippen molar-refractivity contribution in [3.63, 3.8) is 0 Å². The number of rotatable bonds is 3. The lowest BCUT2D eigenvalue weighted by atomic mass is 10.0. The normalized spacial score (nSPS) is 15.8. The summed E-state index contributed by atoms with van der Waals surface area (Å²) in [5.74, 6) is -0.124. The third kappa shape index (κ3) is 2.49. The molecule has 3 nitrogen and oxygen atoms in total. The fraction of sp³-hybridized carbons (Fsp3) is 0.364. The molecule has 0 bridgehead atoms. The Morgan fingerprint density at radius 1 is 1.47 bits per heavy atom. The largest absolute Gasteiger partial charge is 0.460 e. The summed E-state index contributed by atoms with van der Waals surface area (Å²) in [6.45, 7) is 1.71. The fourth-order valence-corrected chi connectivity index (χ4v) is 1.53. The second-order valence-electron chi connectivity index (χ2n) is 3.55. The van der Waals surface area contributed by atoms with E-state index in [1.54, 1.807) is 6.07 Å². The molecule has 80 valence electrons. The lowest BCUT2D eigenvalue weighted by molar-refractivity contribution is -0.151. The van der Waals surface area contributed by atoms with E-state index in [1.165, 1.54) is 0 Å². The summed E-state index contributed by atoms with van der Waals surface area (Å²) in [6, 6.07) is 7.37. The maximum atomic E-state index is 11.4. The highest BCUT2D eigenvalue weighted by atomic mass is 35.5. The molecule has 0 saturated carbocycles. The number of hydrogen-bond donors (Lipinski definition) is 1. The molecule has 0 spiro atoms. The van der Waals surface area contributed by atoms with Gasteiger partial charge in [-0.25, -0.2) is 0 Å². The van der Waals surface area contributed by atoms with Crippen LogP contribution >= 0.6 is 11.6 Å². The number of benzene rings is 1. The van der Waals surface area contributed by atoms with Crippen LogP contribution in [0.4, 0.5) is 0 Å². The quantitative estimate of drug-likeness (QED) is 0.795. The van der Waals surface area contributed by atoms with Gasteiger partial charge in [-0.05, 0) is 6.07 Å². The number of carbonyl (C=O) groups excluding carboxylic acids is 1. The molecule has 1 aliphatic rings. The predicted molar refractivity (Wildman–Crippen MR) is 57.6 cm³/mol. The Morgan fingerprint density at radius 2 is 2.20 bits per heavy atom. The summed E-state index contributed by atoms with van der Waals surface area (Å²) >= 11 is 5.93. The third-order valence-electron chi connectivity index (χ3n) is 2.44. The topological polar surface area (TPSA) is 38.3 Å². The summed E-state index contributed by atoms with van der Waals surface area (Å²) in [6.07, 6.45) is 0. The van der Waals surface area contributed by atoms with E-state index in [1.807, 2.05) is 18.2 Å². The molecule has 0 unspecified atom stereocenters. The predicted octanol–water partition coefficient (Wildman–Crippen LogP) is 1.60. The number of carbonyl (C=O) groups is 1. The molecule has 15 heavy (non-hydrogen) atoms. The lowest BCUT2D eigenvalue weighted by Gasteiger charge is -2.24. The molecule has 1 aliphatic heterocycles. The lowest BCUT2D eigenvalue weighted by Crippen LogP contribution is -2.47. The molecule has 0 radical (unpaired) electrons. The summed E-state index contributed by atoms with van der Waals surface area (Å²) < 4.78 is 5.15. The molecule has 1 saturated heterocycles. The number of ether oxygens (including phenoxy) is 1. The average molecular weight is 226 g/mol. The van der Waals surface area contributed by atoms with Crippen molar-refractivity contribution in [2.24, 2.45) is 5.92 Å². The zero-order valence-corrected chi connectivity index (χ0v) is 8.96. The van der Waals surface area contributed by atoms with Crippen molar-refractivity contribution in [2.45, 2.75) is 6.61 Å². The van der Waals surface area contributed by atoms with Crippen LogP contribution in [0.15, 0.2) is 24.3 Å². The summed E-state index contributed by atoms with van der Waals surface area (Å²) in [4.78, 5) is 11.4. The van der Waals surface area contributed by atoms with E-state index in [2.05, 4.69) is 5.32 Å². The molecule has 2 rings (SSSR count). The van der Waals surface area contributed by atoms with Crippen LogP contribution in [-0.2, 0) is 16.1 Å². The number of nitrogens with one attached hydrogen (secondary N) is 1. The molecule has 1 aromatic rings. The molecular weight excluding hydrogens is 214 g/mol. The smallest absolute Gasteiger partial charge is 0.311 e. The summed E-state index contributed by atoms with van der Waals surface area (Å²) in [5.41, 5.74) is 0.847. The van der Waals surface area contributed by atoms with Crippen LogP contribution in [0.25, 0.3) is 0 Å². The minimum absolute atomic E-state index is 0.0208. The summed E-state index contributed by atoms with van der Waals surface area (Å²) in [7, 11) is 0. The molecule has 1 N–H and O–H groups in total. The highest BCUT2D eigenvalue weighted by molar-refractivity contribution is 6.31. The highest BCUT2D eigenvalue weighted by Gasteiger charge is 2.26. The van der Waals surface area contributed by atoms with E-state index in [0.29, 0.717) is 5.02 Å². The van der Waals surface area contributed by atoms with Crippen LogP contribution < -0.4 is 5.32 Å². The SMILES string of the molecule is O=C(OCc1ccccc1Cl)C1CNC1. The first-order chi connectivity index (χ1) is 7.27. The van der Waals surface area contributed by atoms with Crippen molar-refractivity contribution >= 4 is 17.6 Å². The highest BCUT2D eigenvalue weighted by Crippen LogP contribution is 2.16. The molecule has 0 aliphatic carbocycles. The maximum Gasteiger partial charge on any atom is 0.311 e. The second-order valence-corrected chi connectivity index (χ2v) is 3.96. The zero-order valence-electron chi connectivity index (χ0n) is 8.20. The van der Waals surface area contributed by atoms with Crippen molar-refractivity contribution in [3.8, 4) is 0 Å². The van der Waals surface area contributed by atoms with Crippen LogP contribution in [-0.4, -0.2) is 19.1 Å². The number of halogens is 1. The van der Waals surface area contributed by atoms with Gasteiger partial charge in [0, 0.05) is 23.7 Å². The first-order valence-electron chi connectivity index (χ1n) is 4.88. The van der Waals surface area contributed by atoms with Gasteiger partial charge in [0.25, 0.3) is 0 Å². The van der Waals surface area contributed by atoms with Gasteiger partial charge in [0.2, 0.25) is 0 Å². The average Bonchev–Trinajstić information content (AvgIpc) is 2.14. The second kappa shape index (κ2) is 4.64. The van der Waals surface area contributed by atoms with E-state index < -0.39 is 0 Å². The summed E-state index contributed by atoms with van der Waals surface area (Å²) in [5, 5.41) is 3.66. The Balaban J connectivity index is 1.87. The Kier molecular flexibility index (Phi) is 3.23. The third-order valence-corrected chi connectivity index (χ3v) is 2.81. The Hall–Kier alpha value is -1.06. The van der Waals surface area contributed by atoms with Crippen LogP contribution in [0.2, 0.25) is 5.02 Å². The van der Waals surface area contributed by atoms with Gasteiger partial charge in [0.05, 0.1) is 5.92 Å². The van der Waals surface area contributed by atoms with Gasteiger partial charge in [-0.2, -0.15) is 0 Å². The molecule has 0 aromatic heterocycles. The van der Waals surface area contributed by atoms with Crippen molar-refractivity contribution in [1.29, 1.82) is 0 Å². The van der Waals surface area contributed by atoms with Gasteiger partial charge in [-0.1, -0.05) is 29.8 Å². The molecule has 1 heterocycles. The van der Waals surface area contributed by atoms with E-state index in [9.17, 15) is 4.79 Å². The van der Waals surface area contributed by atoms with Crippen molar-refractivity contribution in [1.82, 2.24) is 5.32 Å². The molecule has 1 fully saturated rings. The van der Waals surface area contributed by atoms with Gasteiger partial charge in [0.1, 0.15) is 6.61 Å². The maximum absolute atomic E-state index is 11.4. The standard InChI is InChI=1S/C11H12ClNO2/c12-10-4-2-1-3-8(10)7-15-11(14)9-5-13-6-9/h1-4,9,13H,5-7H2. The van der Waals surface area contributed by atoms with Gasteiger partial charge in [-0.15, -0.1) is 0 Å². The molecule has 1 aromatic carbocycles. The van der Waals surface area contributed by atoms with E-state index in [0.717, 1.165) is 18.7 Å². The van der Waals surface area contributed by atoms with Gasteiger partial charge >= 0.3 is 5.97 Å². The van der Waals surface area contributed by atoms with Crippen LogP contribution in [0.3, 0.4) is 0 Å². The van der Waals surface area contributed by atoms with E-state index in [-0.39, 0.29) is 18.5 Å². The molecule has 4 heteroatoms. The minimum atomic E-state index is -0.145. The number of hydrogen-bond acceptors (Lipinski definition) is 3. The van der Waals surface area contributed by atoms with Gasteiger partial charge in [-0.3, -0.25) is 4.79 Å².